The van der Waals surface area contributed by atoms with Crippen LogP contribution >= 0.6 is 22.9 Å². The summed E-state index contributed by atoms with van der Waals surface area (Å²) in [6.07, 6.45) is 0. The molecule has 0 unspecified atom stereocenters. The number of thiazole rings is 1. The standard InChI is InChI=1S/C11H6ClN3O4S2/c12-7-3-6(4-13)1-2-8(7)15-21(18,19)11-9(10(16)17)14-5-20-11/h1-3,5,15H,(H,16,17). The summed E-state index contributed by atoms with van der Waals surface area (Å²) in [5.74, 6) is -1.44. The van der Waals surface area contributed by atoms with Gasteiger partial charge in [-0.1, -0.05) is 11.6 Å². The first-order chi connectivity index (χ1) is 9.85. The maximum absolute atomic E-state index is 12.2. The number of carbonyl (C=O) groups is 1. The third-order valence-corrected chi connectivity index (χ3v) is 5.37. The fourth-order valence-electron chi connectivity index (χ4n) is 1.43. The third-order valence-electron chi connectivity index (χ3n) is 2.32. The first-order valence-corrected chi connectivity index (χ1v) is 7.98. The van der Waals surface area contributed by atoms with Crippen LogP contribution in [0.4, 0.5) is 5.69 Å². The normalized spacial score (nSPS) is 10.9. The molecular weight excluding hydrogens is 338 g/mol. The van der Waals surface area contributed by atoms with Gasteiger partial charge in [0.2, 0.25) is 0 Å². The minimum Gasteiger partial charge on any atom is -0.476 e. The highest BCUT2D eigenvalue weighted by atomic mass is 35.5. The first kappa shape index (κ1) is 15.2. The molecule has 0 bridgehead atoms. The molecule has 0 fully saturated rings. The van der Waals surface area contributed by atoms with Crippen LogP contribution in [0.3, 0.4) is 0 Å². The Hall–Kier alpha value is -2.15. The topological polar surface area (TPSA) is 120 Å². The average molecular weight is 344 g/mol. The first-order valence-electron chi connectivity index (χ1n) is 5.24. The summed E-state index contributed by atoms with van der Waals surface area (Å²) in [7, 11) is -4.13. The fraction of sp³-hybridized carbons (Fsp3) is 0. The number of halogens is 1. The number of carboxylic acids is 1. The van der Waals surface area contributed by atoms with Crippen LogP contribution in [0.25, 0.3) is 0 Å². The van der Waals surface area contributed by atoms with E-state index in [2.05, 4.69) is 9.71 Å². The molecule has 2 N–H and O–H groups in total. The smallest absolute Gasteiger partial charge is 0.356 e. The van der Waals surface area contributed by atoms with Crippen LogP contribution in [0, 0.1) is 11.3 Å². The van der Waals surface area contributed by atoms with Crippen molar-refractivity contribution in [2.24, 2.45) is 0 Å². The van der Waals surface area contributed by atoms with Crippen molar-refractivity contribution in [3.05, 3.63) is 40.0 Å². The van der Waals surface area contributed by atoms with E-state index in [4.69, 9.17) is 22.0 Å². The van der Waals surface area contributed by atoms with Crippen LogP contribution in [0.5, 0.6) is 0 Å². The summed E-state index contributed by atoms with van der Waals surface area (Å²) in [6.45, 7) is 0. The monoisotopic (exact) mass is 343 g/mol. The summed E-state index contributed by atoms with van der Waals surface area (Å²) >= 11 is 6.55. The highest BCUT2D eigenvalue weighted by molar-refractivity contribution is 7.94. The molecule has 0 radical (unpaired) electrons. The van der Waals surface area contributed by atoms with E-state index in [1.54, 1.807) is 0 Å². The van der Waals surface area contributed by atoms with Crippen molar-refractivity contribution in [3.8, 4) is 6.07 Å². The molecule has 0 atom stereocenters. The van der Waals surface area contributed by atoms with Gasteiger partial charge in [-0.15, -0.1) is 11.3 Å². The predicted octanol–water partition coefficient (Wildman–Crippen LogP) is 2.17. The van der Waals surface area contributed by atoms with Crippen LogP contribution in [0.2, 0.25) is 5.02 Å². The molecule has 7 nitrogen and oxygen atoms in total. The van der Waals surface area contributed by atoms with Crippen LogP contribution in [-0.2, 0) is 10.0 Å². The molecule has 1 aromatic heterocycles. The van der Waals surface area contributed by atoms with Gasteiger partial charge in [0.25, 0.3) is 10.0 Å². The minimum absolute atomic E-state index is 0.0269. The fourth-order valence-corrected chi connectivity index (χ4v) is 3.93. The zero-order valence-electron chi connectivity index (χ0n) is 10.1. The highest BCUT2D eigenvalue weighted by Gasteiger charge is 2.26. The quantitative estimate of drug-likeness (QED) is 0.877. The highest BCUT2D eigenvalue weighted by Crippen LogP contribution is 2.28. The molecule has 10 heteroatoms. The zero-order valence-corrected chi connectivity index (χ0v) is 12.5. The molecule has 21 heavy (non-hydrogen) atoms. The van der Waals surface area contributed by atoms with Gasteiger partial charge < -0.3 is 5.11 Å². The number of carboxylic acid groups (broad SMARTS) is 1. The van der Waals surface area contributed by atoms with Crippen molar-refractivity contribution in [2.45, 2.75) is 4.21 Å². The van der Waals surface area contributed by atoms with Gasteiger partial charge in [-0.05, 0) is 18.2 Å². The lowest BCUT2D eigenvalue weighted by atomic mass is 10.2. The van der Waals surface area contributed by atoms with E-state index < -0.39 is 25.9 Å². The molecule has 0 saturated carbocycles. The van der Waals surface area contributed by atoms with Crippen molar-refractivity contribution < 1.29 is 18.3 Å². The van der Waals surface area contributed by atoms with Gasteiger partial charge in [0.15, 0.2) is 9.90 Å². The third kappa shape index (κ3) is 3.13. The summed E-state index contributed by atoms with van der Waals surface area (Å²) in [5, 5.41) is 17.6. The van der Waals surface area contributed by atoms with Crippen molar-refractivity contribution in [2.75, 3.05) is 4.72 Å². The van der Waals surface area contributed by atoms with Gasteiger partial charge >= 0.3 is 5.97 Å². The molecule has 2 aromatic rings. The van der Waals surface area contributed by atoms with Gasteiger partial charge in [0.05, 0.1) is 27.9 Å². The number of sulfonamides is 1. The van der Waals surface area contributed by atoms with Gasteiger partial charge in [0, 0.05) is 0 Å². The number of benzene rings is 1. The molecular formula is C11H6ClN3O4S2. The van der Waals surface area contributed by atoms with Crippen molar-refractivity contribution in [1.82, 2.24) is 4.98 Å². The lowest BCUT2D eigenvalue weighted by molar-refractivity contribution is 0.0687. The summed E-state index contributed by atoms with van der Waals surface area (Å²) in [4.78, 5) is 14.4. The second-order valence-corrected chi connectivity index (χ2v) is 6.85. The summed E-state index contributed by atoms with van der Waals surface area (Å²) < 4.78 is 26.1. The molecule has 1 heterocycles. The lowest BCUT2D eigenvalue weighted by Gasteiger charge is -2.08. The minimum atomic E-state index is -4.13. The number of anilines is 1. The number of hydrogen-bond acceptors (Lipinski definition) is 6. The summed E-state index contributed by atoms with van der Waals surface area (Å²) in [6, 6.07) is 5.86. The second kappa shape index (κ2) is 5.69. The van der Waals surface area contributed by atoms with Crippen LogP contribution in [0.1, 0.15) is 16.1 Å². The van der Waals surface area contributed by atoms with Crippen molar-refractivity contribution in [3.63, 3.8) is 0 Å². The number of aromatic carboxylic acids is 1. The Morgan fingerprint density at radius 2 is 2.19 bits per heavy atom. The number of nitriles is 1. The Labute approximate surface area is 128 Å². The van der Waals surface area contributed by atoms with Gasteiger partial charge in [-0.3, -0.25) is 4.72 Å². The van der Waals surface area contributed by atoms with E-state index >= 15 is 0 Å². The molecule has 0 saturated heterocycles. The average Bonchev–Trinajstić information content (AvgIpc) is 2.91. The van der Waals surface area contributed by atoms with Gasteiger partial charge in [-0.2, -0.15) is 5.26 Å². The molecule has 0 spiro atoms. The zero-order chi connectivity index (χ0) is 15.6. The van der Waals surface area contributed by atoms with Crippen LogP contribution in [0.15, 0.2) is 27.9 Å². The predicted molar refractivity (Wildman–Crippen MR) is 76.0 cm³/mol. The molecule has 0 aliphatic rings. The second-order valence-electron chi connectivity index (χ2n) is 3.71. The number of aromatic nitrogens is 1. The van der Waals surface area contributed by atoms with E-state index in [1.807, 2.05) is 6.07 Å². The number of rotatable bonds is 4. The Kier molecular flexibility index (Phi) is 4.13. The van der Waals surface area contributed by atoms with E-state index in [0.717, 1.165) is 5.51 Å². The van der Waals surface area contributed by atoms with Gasteiger partial charge in [-0.25, -0.2) is 18.2 Å². The Morgan fingerprint density at radius 3 is 2.76 bits per heavy atom. The maximum atomic E-state index is 12.2. The molecule has 0 aliphatic heterocycles. The van der Waals surface area contributed by atoms with E-state index in [9.17, 15) is 13.2 Å². The lowest BCUT2D eigenvalue weighted by Crippen LogP contribution is -2.15. The molecule has 0 aliphatic carbocycles. The van der Waals surface area contributed by atoms with E-state index in [1.165, 1.54) is 18.2 Å². The number of nitrogens with one attached hydrogen (secondary N) is 1. The van der Waals surface area contributed by atoms with Crippen LogP contribution in [-0.4, -0.2) is 24.5 Å². The maximum Gasteiger partial charge on any atom is 0.356 e. The molecule has 0 amide bonds. The van der Waals surface area contributed by atoms with Gasteiger partial charge in [0.1, 0.15) is 0 Å². The molecule has 2 rings (SSSR count). The largest absolute Gasteiger partial charge is 0.476 e. The van der Waals surface area contributed by atoms with Crippen LogP contribution < -0.4 is 4.72 Å². The van der Waals surface area contributed by atoms with Crippen molar-refractivity contribution in [1.29, 1.82) is 5.26 Å². The Morgan fingerprint density at radius 1 is 1.48 bits per heavy atom. The van der Waals surface area contributed by atoms with Crippen molar-refractivity contribution >= 4 is 44.6 Å². The molecule has 108 valence electrons. The Balaban J connectivity index is 2.41. The number of hydrogen-bond donors (Lipinski definition) is 2. The Bertz CT molecular complexity index is 855. The SMILES string of the molecule is N#Cc1ccc(NS(=O)(=O)c2scnc2C(=O)O)c(Cl)c1. The summed E-state index contributed by atoms with van der Waals surface area (Å²) in [5.41, 5.74) is 0.878. The molecule has 1 aromatic carbocycles. The number of nitrogens with zero attached hydrogens (tertiary/aromatic N) is 2. The van der Waals surface area contributed by atoms with E-state index in [0.29, 0.717) is 11.3 Å². The van der Waals surface area contributed by atoms with E-state index in [-0.39, 0.29) is 16.3 Å².